The fourth-order valence-corrected chi connectivity index (χ4v) is 3.74. The first-order chi connectivity index (χ1) is 11.0. The van der Waals surface area contributed by atoms with E-state index >= 15 is 0 Å². The van der Waals surface area contributed by atoms with Crippen molar-refractivity contribution >= 4 is 23.2 Å². The molecule has 2 aromatic heterocycles. The van der Waals surface area contributed by atoms with E-state index in [0.717, 1.165) is 24.0 Å². The monoisotopic (exact) mass is 333 g/mol. The highest BCUT2D eigenvalue weighted by molar-refractivity contribution is 7.10. The van der Waals surface area contributed by atoms with Gasteiger partial charge in [0.2, 0.25) is 0 Å². The second-order valence-electron chi connectivity index (χ2n) is 5.87. The Bertz CT molecular complexity index is 742. The van der Waals surface area contributed by atoms with Gasteiger partial charge in [0.1, 0.15) is 0 Å². The summed E-state index contributed by atoms with van der Waals surface area (Å²) >= 11 is 1.61. The van der Waals surface area contributed by atoms with Crippen LogP contribution in [0.4, 0.5) is 0 Å². The third-order valence-corrected chi connectivity index (χ3v) is 5.50. The maximum absolute atomic E-state index is 12.6. The number of amides is 1. The Morgan fingerprint density at radius 2 is 2.00 bits per heavy atom. The number of hydrogen-bond donors (Lipinski definition) is 1. The number of piperidine rings is 1. The van der Waals surface area contributed by atoms with E-state index in [4.69, 9.17) is 5.11 Å². The number of carboxylic acid groups (broad SMARTS) is 1. The summed E-state index contributed by atoms with van der Waals surface area (Å²) in [5.74, 6) is -0.871. The van der Waals surface area contributed by atoms with Crippen LogP contribution in [0.15, 0.2) is 17.8 Å². The zero-order chi connectivity index (χ0) is 16.6. The third-order valence-electron chi connectivity index (χ3n) is 4.49. The maximum atomic E-state index is 12.6. The van der Waals surface area contributed by atoms with Crippen LogP contribution in [0.3, 0.4) is 0 Å². The Kier molecular flexibility index (Phi) is 4.21. The molecular weight excluding hydrogens is 314 g/mol. The molecule has 1 aliphatic rings. The lowest BCUT2D eigenvalue weighted by Crippen LogP contribution is -2.39. The van der Waals surface area contributed by atoms with Crippen molar-refractivity contribution in [3.05, 3.63) is 39.3 Å². The van der Waals surface area contributed by atoms with Gasteiger partial charge in [0.25, 0.3) is 5.91 Å². The van der Waals surface area contributed by atoms with E-state index in [-0.39, 0.29) is 17.5 Å². The largest absolute Gasteiger partial charge is 0.478 e. The Labute approximate surface area is 138 Å². The van der Waals surface area contributed by atoms with Crippen molar-refractivity contribution in [1.29, 1.82) is 0 Å². The lowest BCUT2D eigenvalue weighted by molar-refractivity contribution is 0.0688. The van der Waals surface area contributed by atoms with Crippen LogP contribution in [0.5, 0.6) is 0 Å². The number of hydrogen-bond acceptors (Lipinski definition) is 4. The molecule has 6 nitrogen and oxygen atoms in total. The second-order valence-corrected chi connectivity index (χ2v) is 6.95. The molecule has 23 heavy (non-hydrogen) atoms. The molecule has 122 valence electrons. The summed E-state index contributed by atoms with van der Waals surface area (Å²) in [6.07, 6.45) is 4.51. The number of carboxylic acids is 1. The number of aryl methyl sites for hydroxylation is 1. The molecule has 0 spiro atoms. The van der Waals surface area contributed by atoms with E-state index in [2.05, 4.69) is 5.10 Å². The quantitative estimate of drug-likeness (QED) is 0.937. The van der Waals surface area contributed by atoms with Crippen LogP contribution >= 0.6 is 11.3 Å². The Morgan fingerprint density at radius 1 is 1.30 bits per heavy atom. The van der Waals surface area contributed by atoms with Crippen LogP contribution in [0.1, 0.15) is 50.0 Å². The van der Waals surface area contributed by atoms with Crippen LogP contribution in [-0.4, -0.2) is 44.8 Å². The van der Waals surface area contributed by atoms with Crippen LogP contribution in [0, 0.1) is 13.8 Å². The standard InChI is InChI=1S/C16H19N3O3S/c1-10-11(2)23-9-14(10)15(20)18-5-3-13(4-6-18)19-8-12(7-17-19)16(21)22/h7-9,13H,3-6H2,1-2H3,(H,21,22). The average molecular weight is 333 g/mol. The van der Waals surface area contributed by atoms with Crippen LogP contribution in [0.2, 0.25) is 0 Å². The first-order valence-corrected chi connectivity index (χ1v) is 8.46. The lowest BCUT2D eigenvalue weighted by Gasteiger charge is -2.32. The number of aromatic nitrogens is 2. The van der Waals surface area contributed by atoms with Crippen LogP contribution < -0.4 is 0 Å². The second kappa shape index (κ2) is 6.16. The molecular formula is C16H19N3O3S. The highest BCUT2D eigenvalue weighted by Gasteiger charge is 2.26. The molecule has 1 amide bonds. The van der Waals surface area contributed by atoms with Crippen molar-refractivity contribution in [2.75, 3.05) is 13.1 Å². The van der Waals surface area contributed by atoms with Gasteiger partial charge >= 0.3 is 5.97 Å². The van der Waals surface area contributed by atoms with Gasteiger partial charge in [-0.25, -0.2) is 4.79 Å². The zero-order valence-electron chi connectivity index (χ0n) is 13.2. The van der Waals surface area contributed by atoms with Gasteiger partial charge < -0.3 is 10.0 Å². The Balaban J connectivity index is 1.65. The average Bonchev–Trinajstić information content (AvgIpc) is 3.16. The minimum absolute atomic E-state index is 0.0944. The highest BCUT2D eigenvalue weighted by Crippen LogP contribution is 2.26. The van der Waals surface area contributed by atoms with Crippen molar-refractivity contribution in [2.45, 2.75) is 32.7 Å². The van der Waals surface area contributed by atoms with Crippen LogP contribution in [0.25, 0.3) is 0 Å². The number of carbonyl (C=O) groups excluding carboxylic acids is 1. The number of aromatic carboxylic acids is 1. The van der Waals surface area contributed by atoms with Crippen molar-refractivity contribution < 1.29 is 14.7 Å². The predicted molar refractivity (Wildman–Crippen MR) is 87.2 cm³/mol. The molecule has 7 heteroatoms. The third kappa shape index (κ3) is 3.01. The van der Waals surface area contributed by atoms with E-state index in [9.17, 15) is 9.59 Å². The van der Waals surface area contributed by atoms with Gasteiger partial charge in [0.15, 0.2) is 0 Å². The fourth-order valence-electron chi connectivity index (χ4n) is 2.88. The molecule has 0 aromatic carbocycles. The molecule has 3 heterocycles. The summed E-state index contributed by atoms with van der Waals surface area (Å²) in [6.45, 7) is 5.35. The topological polar surface area (TPSA) is 75.4 Å². The van der Waals surface area contributed by atoms with Gasteiger partial charge in [0.05, 0.1) is 23.4 Å². The summed E-state index contributed by atoms with van der Waals surface area (Å²) in [5.41, 5.74) is 2.08. The molecule has 2 aromatic rings. The number of thiophene rings is 1. The van der Waals surface area contributed by atoms with E-state index in [1.54, 1.807) is 22.2 Å². The first-order valence-electron chi connectivity index (χ1n) is 7.58. The van der Waals surface area contributed by atoms with Gasteiger partial charge in [-0.15, -0.1) is 11.3 Å². The summed E-state index contributed by atoms with van der Waals surface area (Å²) in [4.78, 5) is 26.6. The number of carbonyl (C=O) groups is 2. The van der Waals surface area contributed by atoms with Crippen molar-refractivity contribution in [2.24, 2.45) is 0 Å². The van der Waals surface area contributed by atoms with Gasteiger partial charge in [-0.3, -0.25) is 9.48 Å². The minimum atomic E-state index is -0.966. The minimum Gasteiger partial charge on any atom is -0.478 e. The van der Waals surface area contributed by atoms with Gasteiger partial charge in [-0.1, -0.05) is 0 Å². The molecule has 3 rings (SSSR count). The molecule has 0 aliphatic carbocycles. The number of likely N-dealkylation sites (tertiary alicyclic amines) is 1. The summed E-state index contributed by atoms with van der Waals surface area (Å²) in [7, 11) is 0. The lowest BCUT2D eigenvalue weighted by atomic mass is 10.0. The van der Waals surface area contributed by atoms with Crippen LogP contribution in [-0.2, 0) is 0 Å². The molecule has 0 radical (unpaired) electrons. The van der Waals surface area contributed by atoms with Gasteiger partial charge in [0, 0.05) is 29.5 Å². The van der Waals surface area contributed by atoms with Crippen molar-refractivity contribution in [1.82, 2.24) is 14.7 Å². The number of rotatable bonds is 3. The van der Waals surface area contributed by atoms with E-state index < -0.39 is 5.97 Å². The smallest absolute Gasteiger partial charge is 0.338 e. The molecule has 0 atom stereocenters. The molecule has 1 saturated heterocycles. The van der Waals surface area contributed by atoms with E-state index in [1.807, 2.05) is 24.1 Å². The fraction of sp³-hybridized carbons (Fsp3) is 0.438. The van der Waals surface area contributed by atoms with Gasteiger partial charge in [-0.05, 0) is 32.3 Å². The Morgan fingerprint density at radius 3 is 2.52 bits per heavy atom. The zero-order valence-corrected chi connectivity index (χ0v) is 14.0. The van der Waals surface area contributed by atoms with Crippen molar-refractivity contribution in [3.8, 4) is 0 Å². The highest BCUT2D eigenvalue weighted by atomic mass is 32.1. The molecule has 1 N–H and O–H groups in total. The SMILES string of the molecule is Cc1scc(C(=O)N2CCC(n3cc(C(=O)O)cn3)CC2)c1C. The number of nitrogens with zero attached hydrogens (tertiary/aromatic N) is 3. The summed E-state index contributed by atoms with van der Waals surface area (Å²) in [6, 6.07) is 0.150. The molecule has 0 unspecified atom stereocenters. The molecule has 0 bridgehead atoms. The van der Waals surface area contributed by atoms with Crippen molar-refractivity contribution in [3.63, 3.8) is 0 Å². The molecule has 1 fully saturated rings. The van der Waals surface area contributed by atoms with E-state index in [1.165, 1.54) is 11.1 Å². The normalized spacial score (nSPS) is 15.8. The summed E-state index contributed by atoms with van der Waals surface area (Å²) < 4.78 is 1.71. The van der Waals surface area contributed by atoms with E-state index in [0.29, 0.717) is 13.1 Å². The predicted octanol–water partition coefficient (Wildman–Crippen LogP) is 2.74. The molecule has 1 aliphatic heterocycles. The first kappa shape index (κ1) is 15.7. The summed E-state index contributed by atoms with van der Waals surface area (Å²) in [5, 5.41) is 15.0. The maximum Gasteiger partial charge on any atom is 0.338 e. The Hall–Kier alpha value is -2.15. The van der Waals surface area contributed by atoms with Gasteiger partial charge in [-0.2, -0.15) is 5.10 Å². The molecule has 0 saturated carbocycles.